The van der Waals surface area contributed by atoms with Crippen molar-refractivity contribution < 1.29 is 14.2 Å². The molecule has 0 aliphatic carbocycles. The first-order valence-electron chi connectivity index (χ1n) is 9.75. The number of nitrogens with one attached hydrogen (secondary N) is 1. The summed E-state index contributed by atoms with van der Waals surface area (Å²) in [4.78, 5) is 9.09. The number of benzene rings is 1. The van der Waals surface area contributed by atoms with Gasteiger partial charge >= 0.3 is 0 Å². The molecule has 1 aromatic carbocycles. The molecule has 0 spiro atoms. The molecule has 152 valence electrons. The molecule has 27 heavy (non-hydrogen) atoms. The minimum Gasteiger partial charge on any atom is -0.494 e. The van der Waals surface area contributed by atoms with Crippen LogP contribution in [-0.2, 0) is 6.54 Å². The second kappa shape index (κ2) is 11.1. The Hall–Kier alpha value is -1.86. The van der Waals surface area contributed by atoms with Crippen molar-refractivity contribution >= 4 is 5.96 Å². The Morgan fingerprint density at radius 3 is 2.78 bits per heavy atom. The van der Waals surface area contributed by atoms with Crippen LogP contribution in [0.15, 0.2) is 23.2 Å². The summed E-state index contributed by atoms with van der Waals surface area (Å²) in [6.07, 6.45) is 2.59. The Morgan fingerprint density at radius 1 is 1.41 bits per heavy atom. The molecule has 1 aliphatic heterocycles. The molecule has 2 N–H and O–H groups in total. The van der Waals surface area contributed by atoms with E-state index in [1.54, 1.807) is 6.07 Å². The van der Waals surface area contributed by atoms with Gasteiger partial charge in [0.05, 0.1) is 13.2 Å². The molecule has 0 aromatic heterocycles. The first-order chi connectivity index (χ1) is 13.0. The fraction of sp³-hybridized carbons (Fsp3) is 0.650. The van der Waals surface area contributed by atoms with Gasteiger partial charge in [-0.15, -0.1) is 0 Å². The first kappa shape index (κ1) is 21.4. The summed E-state index contributed by atoms with van der Waals surface area (Å²) in [7, 11) is 3.42. The number of halogens is 1. The normalized spacial score (nSPS) is 16.4. The molecule has 1 heterocycles. The zero-order chi connectivity index (χ0) is 19.6. The number of nitrogens with zero attached hydrogens (tertiary/aromatic N) is 3. The molecule has 1 aliphatic rings. The van der Waals surface area contributed by atoms with E-state index in [0.717, 1.165) is 63.5 Å². The maximum atomic E-state index is 13.9. The highest BCUT2D eigenvalue weighted by Crippen LogP contribution is 2.18. The van der Waals surface area contributed by atoms with Gasteiger partial charge in [-0.1, -0.05) is 6.07 Å². The van der Waals surface area contributed by atoms with Crippen LogP contribution in [0, 0.1) is 5.82 Å². The van der Waals surface area contributed by atoms with Gasteiger partial charge in [0.15, 0.2) is 17.5 Å². The molecule has 0 atom stereocenters. The van der Waals surface area contributed by atoms with Crippen LogP contribution in [0.1, 0.15) is 31.7 Å². The van der Waals surface area contributed by atoms with Gasteiger partial charge < -0.3 is 25.0 Å². The first-order valence-corrected chi connectivity index (χ1v) is 9.75. The van der Waals surface area contributed by atoms with E-state index in [0.29, 0.717) is 6.54 Å². The minimum atomic E-state index is -0.350. The Labute approximate surface area is 162 Å². The van der Waals surface area contributed by atoms with Crippen LogP contribution in [0.25, 0.3) is 0 Å². The SMILES string of the molecule is CCNC(=NCCCN1CCC(O)CC1)N(C)Cc1ccc(OC)c(F)c1. The topological polar surface area (TPSA) is 60.3 Å². The number of guanidine groups is 1. The number of methoxy groups -OCH3 is 1. The third-order valence-electron chi connectivity index (χ3n) is 4.78. The summed E-state index contributed by atoms with van der Waals surface area (Å²) in [5, 5.41) is 12.9. The highest BCUT2D eigenvalue weighted by molar-refractivity contribution is 5.79. The monoisotopic (exact) mass is 380 g/mol. The molecular weight excluding hydrogens is 347 g/mol. The number of aliphatic imine (C=N–C) groups is 1. The Bertz CT molecular complexity index is 604. The molecule has 1 aromatic rings. The largest absolute Gasteiger partial charge is 0.494 e. The van der Waals surface area contributed by atoms with Crippen molar-refractivity contribution in [2.45, 2.75) is 38.8 Å². The van der Waals surface area contributed by atoms with Gasteiger partial charge in [0.25, 0.3) is 0 Å². The molecule has 1 fully saturated rings. The predicted molar refractivity (Wildman–Crippen MR) is 107 cm³/mol. The summed E-state index contributed by atoms with van der Waals surface area (Å²) >= 11 is 0. The van der Waals surface area contributed by atoms with Crippen LogP contribution in [-0.4, -0.2) is 73.9 Å². The number of rotatable bonds is 8. The predicted octanol–water partition coefficient (Wildman–Crippen LogP) is 2.08. The van der Waals surface area contributed by atoms with Crippen molar-refractivity contribution in [1.82, 2.24) is 15.1 Å². The number of aliphatic hydroxyl groups is 1. The van der Waals surface area contributed by atoms with E-state index >= 15 is 0 Å². The quantitative estimate of drug-likeness (QED) is 0.411. The van der Waals surface area contributed by atoms with Gasteiger partial charge in [0.1, 0.15) is 0 Å². The van der Waals surface area contributed by atoms with E-state index in [2.05, 4.69) is 10.2 Å². The van der Waals surface area contributed by atoms with Crippen molar-refractivity contribution in [3.8, 4) is 5.75 Å². The smallest absolute Gasteiger partial charge is 0.193 e. The summed E-state index contributed by atoms with van der Waals surface area (Å²) < 4.78 is 18.9. The molecule has 6 nitrogen and oxygen atoms in total. The zero-order valence-corrected chi connectivity index (χ0v) is 16.7. The summed E-state index contributed by atoms with van der Waals surface area (Å²) in [6, 6.07) is 5.02. The Balaban J connectivity index is 1.84. The summed E-state index contributed by atoms with van der Waals surface area (Å²) in [5.41, 5.74) is 0.869. The number of aliphatic hydroxyl groups excluding tert-OH is 1. The van der Waals surface area contributed by atoms with E-state index in [1.807, 2.05) is 24.9 Å². The van der Waals surface area contributed by atoms with Crippen molar-refractivity contribution in [2.24, 2.45) is 4.99 Å². The molecule has 7 heteroatoms. The number of hydrogen-bond acceptors (Lipinski definition) is 4. The van der Waals surface area contributed by atoms with E-state index in [9.17, 15) is 9.50 Å². The molecule has 0 amide bonds. The number of ether oxygens (including phenoxy) is 1. The van der Waals surface area contributed by atoms with E-state index < -0.39 is 0 Å². The fourth-order valence-electron chi connectivity index (χ4n) is 3.25. The number of hydrogen-bond donors (Lipinski definition) is 2. The third-order valence-corrected chi connectivity index (χ3v) is 4.78. The Kier molecular flexibility index (Phi) is 8.81. The van der Waals surface area contributed by atoms with Crippen LogP contribution in [0.4, 0.5) is 4.39 Å². The lowest BCUT2D eigenvalue weighted by molar-refractivity contribution is 0.0824. The maximum absolute atomic E-state index is 13.9. The molecule has 1 saturated heterocycles. The van der Waals surface area contributed by atoms with Crippen molar-refractivity contribution in [3.63, 3.8) is 0 Å². The second-order valence-corrected chi connectivity index (χ2v) is 6.99. The zero-order valence-electron chi connectivity index (χ0n) is 16.7. The van der Waals surface area contributed by atoms with Crippen molar-refractivity contribution in [2.75, 3.05) is 46.9 Å². The lowest BCUT2D eigenvalue weighted by atomic mass is 10.1. The molecule has 0 saturated carbocycles. The van der Waals surface area contributed by atoms with Crippen LogP contribution >= 0.6 is 0 Å². The molecular formula is C20H33FN4O2. The number of piperidine rings is 1. The third kappa shape index (κ3) is 6.99. The van der Waals surface area contributed by atoms with Crippen LogP contribution in [0.5, 0.6) is 5.75 Å². The summed E-state index contributed by atoms with van der Waals surface area (Å²) in [5.74, 6) is 0.729. The van der Waals surface area contributed by atoms with Gasteiger partial charge in [-0.2, -0.15) is 0 Å². The lowest BCUT2D eigenvalue weighted by Crippen LogP contribution is -2.39. The van der Waals surface area contributed by atoms with E-state index in [1.165, 1.54) is 13.2 Å². The van der Waals surface area contributed by atoms with Crippen LogP contribution in [0.3, 0.4) is 0 Å². The van der Waals surface area contributed by atoms with Gasteiger partial charge in [-0.3, -0.25) is 4.99 Å². The highest BCUT2D eigenvalue weighted by Gasteiger charge is 2.16. The number of likely N-dealkylation sites (tertiary alicyclic amines) is 1. The van der Waals surface area contributed by atoms with E-state index in [4.69, 9.17) is 9.73 Å². The molecule has 0 unspecified atom stereocenters. The minimum absolute atomic E-state index is 0.129. The van der Waals surface area contributed by atoms with Gasteiger partial charge in [0, 0.05) is 39.8 Å². The van der Waals surface area contributed by atoms with Crippen molar-refractivity contribution in [1.29, 1.82) is 0 Å². The van der Waals surface area contributed by atoms with Gasteiger partial charge in [0.2, 0.25) is 0 Å². The maximum Gasteiger partial charge on any atom is 0.193 e. The van der Waals surface area contributed by atoms with Crippen LogP contribution in [0.2, 0.25) is 0 Å². The van der Waals surface area contributed by atoms with Gasteiger partial charge in [-0.05, 0) is 50.4 Å². The molecule has 2 rings (SSSR count). The lowest BCUT2D eigenvalue weighted by Gasteiger charge is -2.29. The highest BCUT2D eigenvalue weighted by atomic mass is 19.1. The summed E-state index contributed by atoms with van der Waals surface area (Å²) in [6.45, 7) is 7.06. The standard InChI is InChI=1S/C20H33FN4O2/c1-4-22-20(23-10-5-11-25-12-8-17(26)9-13-25)24(2)15-16-6-7-19(27-3)18(21)14-16/h6-7,14,17,26H,4-5,8-13,15H2,1-3H3,(H,22,23). The Morgan fingerprint density at radius 2 is 2.15 bits per heavy atom. The second-order valence-electron chi connectivity index (χ2n) is 6.99. The van der Waals surface area contributed by atoms with E-state index in [-0.39, 0.29) is 17.7 Å². The van der Waals surface area contributed by atoms with Gasteiger partial charge in [-0.25, -0.2) is 4.39 Å². The molecule has 0 bridgehead atoms. The average Bonchev–Trinajstić information content (AvgIpc) is 2.66. The van der Waals surface area contributed by atoms with Crippen LogP contribution < -0.4 is 10.1 Å². The average molecular weight is 381 g/mol. The van der Waals surface area contributed by atoms with Crippen molar-refractivity contribution in [3.05, 3.63) is 29.6 Å². The molecule has 0 radical (unpaired) electrons. The fourth-order valence-corrected chi connectivity index (χ4v) is 3.25.